The van der Waals surface area contributed by atoms with E-state index in [4.69, 9.17) is 18.8 Å². The monoisotopic (exact) mass is 512 g/mol. The number of carbonyl (C=O) groups excluding carboxylic acids is 1. The van der Waals surface area contributed by atoms with Gasteiger partial charge in [0.25, 0.3) is 0 Å². The molecule has 0 unspecified atom stereocenters. The first kappa shape index (κ1) is 26.0. The van der Waals surface area contributed by atoms with E-state index in [1.807, 2.05) is 70.2 Å². The second-order valence-electron chi connectivity index (χ2n) is 10.6. The number of hydrogen-bond acceptors (Lipinski definition) is 6. The van der Waals surface area contributed by atoms with Gasteiger partial charge >= 0.3 is 13.2 Å². The van der Waals surface area contributed by atoms with Crippen molar-refractivity contribution in [1.82, 2.24) is 10.3 Å². The maximum atomic E-state index is 12.9. The molecule has 0 spiro atoms. The first-order chi connectivity index (χ1) is 18.2. The van der Waals surface area contributed by atoms with Crippen LogP contribution in [0.4, 0.5) is 4.79 Å². The van der Waals surface area contributed by atoms with Gasteiger partial charge in [-0.1, -0.05) is 54.6 Å². The van der Waals surface area contributed by atoms with Gasteiger partial charge in [-0.15, -0.1) is 0 Å². The number of aromatic nitrogens is 1. The number of methoxy groups -OCH3 is 1. The van der Waals surface area contributed by atoms with Gasteiger partial charge in [0.05, 0.1) is 18.3 Å². The van der Waals surface area contributed by atoms with Gasteiger partial charge in [-0.2, -0.15) is 0 Å². The number of ether oxygens (including phenoxy) is 2. The molecule has 0 atom stereocenters. The van der Waals surface area contributed by atoms with Gasteiger partial charge in [0, 0.05) is 24.7 Å². The molecule has 1 saturated heterocycles. The van der Waals surface area contributed by atoms with Crippen LogP contribution in [0.15, 0.2) is 72.3 Å². The summed E-state index contributed by atoms with van der Waals surface area (Å²) in [6.07, 6.45) is 3.10. The number of benzene rings is 2. The maximum absolute atomic E-state index is 12.9. The van der Waals surface area contributed by atoms with Gasteiger partial charge in [-0.3, -0.25) is 0 Å². The molecule has 0 radical (unpaired) electrons. The van der Waals surface area contributed by atoms with E-state index < -0.39 is 24.4 Å². The van der Waals surface area contributed by atoms with Crippen LogP contribution < -0.4 is 10.1 Å². The molecule has 0 saturated carbocycles. The number of hydrogen-bond donors (Lipinski definition) is 1. The van der Waals surface area contributed by atoms with E-state index in [1.54, 1.807) is 13.3 Å². The second-order valence-corrected chi connectivity index (χ2v) is 10.6. The quantitative estimate of drug-likeness (QED) is 0.413. The van der Waals surface area contributed by atoms with Crippen LogP contribution >= 0.6 is 0 Å². The normalized spacial score (nSPS) is 17.6. The summed E-state index contributed by atoms with van der Waals surface area (Å²) in [5.41, 5.74) is 5.30. The molecule has 3 aromatic rings. The van der Waals surface area contributed by atoms with Crippen LogP contribution in [-0.4, -0.2) is 49.7 Å². The predicted molar refractivity (Wildman–Crippen MR) is 148 cm³/mol. The first-order valence-corrected chi connectivity index (χ1v) is 12.8. The predicted octanol–water partition coefficient (Wildman–Crippen LogP) is 5.64. The van der Waals surface area contributed by atoms with Crippen molar-refractivity contribution in [2.24, 2.45) is 0 Å². The molecule has 1 fully saturated rings. The highest BCUT2D eigenvalue weighted by Gasteiger charge is 2.52. The topological polar surface area (TPSA) is 78.9 Å². The summed E-state index contributed by atoms with van der Waals surface area (Å²) in [6, 6.07) is 20.2. The molecule has 1 aliphatic carbocycles. The molecule has 0 bridgehead atoms. The molecule has 2 aromatic carbocycles. The molecule has 5 rings (SSSR count). The summed E-state index contributed by atoms with van der Waals surface area (Å²) in [6.45, 7) is 8.44. The average Bonchev–Trinajstić information content (AvgIpc) is 3.34. The van der Waals surface area contributed by atoms with E-state index >= 15 is 0 Å². The summed E-state index contributed by atoms with van der Waals surface area (Å²) in [5, 5.41) is 2.90. The Balaban J connectivity index is 1.30. The van der Waals surface area contributed by atoms with E-state index in [0.29, 0.717) is 5.88 Å². The third kappa shape index (κ3) is 5.06. The molecule has 7 nitrogen and oxygen atoms in total. The van der Waals surface area contributed by atoms with E-state index in [2.05, 4.69) is 34.6 Å². The minimum absolute atomic E-state index is 0.00413. The molecule has 1 aromatic heterocycles. The molecule has 196 valence electrons. The first-order valence-electron chi connectivity index (χ1n) is 12.8. The number of fused-ring (bicyclic) bond motifs is 3. The van der Waals surface area contributed by atoms with Gasteiger partial charge in [-0.05, 0) is 67.1 Å². The van der Waals surface area contributed by atoms with Gasteiger partial charge in [0.1, 0.15) is 6.61 Å². The Labute approximate surface area is 224 Å². The average molecular weight is 512 g/mol. The molecule has 2 heterocycles. The van der Waals surface area contributed by atoms with E-state index in [0.717, 1.165) is 11.0 Å². The SMILES string of the molecule is COc1cc(C=C(CNC(=O)OCC2c3ccccc3-c3ccccc32)B2OC(C)(C)C(C)(C)O2)ccn1. The van der Waals surface area contributed by atoms with E-state index in [1.165, 1.54) is 22.3 Å². The number of alkyl carbamates (subject to hydrolysis) is 1. The fourth-order valence-electron chi connectivity index (χ4n) is 4.86. The van der Waals surface area contributed by atoms with Crippen molar-refractivity contribution < 1.29 is 23.6 Å². The highest BCUT2D eigenvalue weighted by molar-refractivity contribution is 6.56. The van der Waals surface area contributed by atoms with Crippen LogP contribution in [-0.2, 0) is 14.0 Å². The number of amides is 1. The molecule has 2 aliphatic rings. The number of nitrogens with zero attached hydrogens (tertiary/aromatic N) is 1. The molecule has 1 aliphatic heterocycles. The van der Waals surface area contributed by atoms with Crippen molar-refractivity contribution in [2.45, 2.75) is 44.8 Å². The minimum atomic E-state index is -0.631. The van der Waals surface area contributed by atoms with Gasteiger partial charge in [0.2, 0.25) is 5.88 Å². The van der Waals surface area contributed by atoms with Crippen molar-refractivity contribution in [3.05, 3.63) is 89.0 Å². The fourth-order valence-corrected chi connectivity index (χ4v) is 4.86. The Morgan fingerprint density at radius 3 is 2.21 bits per heavy atom. The Bertz CT molecular complexity index is 1310. The van der Waals surface area contributed by atoms with Crippen LogP contribution in [0.5, 0.6) is 5.88 Å². The highest BCUT2D eigenvalue weighted by atomic mass is 16.7. The summed E-state index contributed by atoms with van der Waals surface area (Å²) in [7, 11) is 0.942. The Hall–Kier alpha value is -3.62. The lowest BCUT2D eigenvalue weighted by atomic mass is 9.77. The highest BCUT2D eigenvalue weighted by Crippen LogP contribution is 2.44. The van der Waals surface area contributed by atoms with Crippen molar-refractivity contribution in [3.63, 3.8) is 0 Å². The Morgan fingerprint density at radius 2 is 1.61 bits per heavy atom. The lowest BCUT2D eigenvalue weighted by Crippen LogP contribution is -2.41. The third-order valence-electron chi connectivity index (χ3n) is 7.66. The summed E-state index contributed by atoms with van der Waals surface area (Å²) < 4.78 is 23.6. The van der Waals surface area contributed by atoms with E-state index in [-0.39, 0.29) is 19.1 Å². The van der Waals surface area contributed by atoms with Gasteiger partial charge < -0.3 is 24.1 Å². The third-order valence-corrected chi connectivity index (χ3v) is 7.66. The molecule has 1 amide bonds. The van der Waals surface area contributed by atoms with Crippen LogP contribution in [0.3, 0.4) is 0 Å². The summed E-state index contributed by atoms with van der Waals surface area (Å²) in [5.74, 6) is 0.493. The number of carbonyl (C=O) groups is 1. The van der Waals surface area contributed by atoms with Crippen molar-refractivity contribution in [1.29, 1.82) is 0 Å². The zero-order valence-electron chi connectivity index (χ0n) is 22.5. The van der Waals surface area contributed by atoms with Crippen molar-refractivity contribution in [2.75, 3.05) is 20.3 Å². The van der Waals surface area contributed by atoms with Crippen LogP contribution in [0.1, 0.15) is 50.3 Å². The Kier molecular flexibility index (Phi) is 7.03. The smallest absolute Gasteiger partial charge is 0.481 e. The Morgan fingerprint density at radius 1 is 1.00 bits per heavy atom. The molecular formula is C30H33BN2O5. The largest absolute Gasteiger partial charge is 0.492 e. The number of rotatable bonds is 7. The van der Waals surface area contributed by atoms with Crippen molar-refractivity contribution in [3.8, 4) is 17.0 Å². The maximum Gasteiger partial charge on any atom is 0.492 e. The van der Waals surface area contributed by atoms with Gasteiger partial charge in [-0.25, -0.2) is 9.78 Å². The van der Waals surface area contributed by atoms with E-state index in [9.17, 15) is 4.79 Å². The standard InChI is InChI=1S/C30H33BN2O5/c1-29(2)30(3,4)38-31(37-29)21(16-20-14-15-32-27(17-20)35-5)18-33-28(34)36-19-26-24-12-8-6-10-22(24)23-11-7-9-13-25(23)26/h6-17,26H,18-19H2,1-5H3,(H,33,34). The molecule has 8 heteroatoms. The molecule has 38 heavy (non-hydrogen) atoms. The second kappa shape index (κ2) is 10.3. The minimum Gasteiger partial charge on any atom is -0.481 e. The van der Waals surface area contributed by atoms with Gasteiger partial charge in [0.15, 0.2) is 0 Å². The van der Waals surface area contributed by atoms with Crippen molar-refractivity contribution >= 4 is 19.3 Å². The zero-order chi connectivity index (χ0) is 26.9. The lowest BCUT2D eigenvalue weighted by molar-refractivity contribution is 0.00578. The zero-order valence-corrected chi connectivity index (χ0v) is 22.5. The lowest BCUT2D eigenvalue weighted by Gasteiger charge is -2.32. The number of pyridine rings is 1. The van der Waals surface area contributed by atoms with Crippen LogP contribution in [0, 0.1) is 0 Å². The van der Waals surface area contributed by atoms with Crippen LogP contribution in [0.25, 0.3) is 17.2 Å². The molecule has 1 N–H and O–H groups in total. The molecular weight excluding hydrogens is 479 g/mol. The van der Waals surface area contributed by atoms with Crippen LogP contribution in [0.2, 0.25) is 0 Å². The summed E-state index contributed by atoms with van der Waals surface area (Å²) >= 11 is 0. The fraction of sp³-hybridized carbons (Fsp3) is 0.333. The summed E-state index contributed by atoms with van der Waals surface area (Å²) in [4.78, 5) is 17.1. The number of nitrogens with one attached hydrogen (secondary N) is 1.